The molecule has 0 atom stereocenters. The smallest absolute Gasteiger partial charge is 0.286 e. The predicted octanol–water partition coefficient (Wildman–Crippen LogP) is 2.47. The first-order valence-corrected chi connectivity index (χ1v) is 10.8. The SMILES string of the molecule is CCOc1cc(C(=O)NCCC(=O)N2CCN(c3ccccc3)CC2)c([N+](=O)[O-])cc1OC. The summed E-state index contributed by atoms with van der Waals surface area (Å²) in [6.45, 7) is 4.81. The number of hydrogen-bond donors (Lipinski definition) is 1. The maximum atomic E-state index is 12.6. The van der Waals surface area contributed by atoms with E-state index in [9.17, 15) is 19.7 Å². The Bertz CT molecular complexity index is 990. The number of nitro benzene ring substituents is 1. The van der Waals surface area contributed by atoms with Crippen LogP contribution < -0.4 is 19.7 Å². The molecule has 2 aromatic carbocycles. The van der Waals surface area contributed by atoms with E-state index >= 15 is 0 Å². The van der Waals surface area contributed by atoms with Crippen molar-refractivity contribution in [2.45, 2.75) is 13.3 Å². The van der Waals surface area contributed by atoms with Gasteiger partial charge in [0.05, 0.1) is 24.7 Å². The summed E-state index contributed by atoms with van der Waals surface area (Å²) in [7, 11) is 1.37. The highest BCUT2D eigenvalue weighted by Crippen LogP contribution is 2.34. The summed E-state index contributed by atoms with van der Waals surface area (Å²) in [6.07, 6.45) is 0.110. The summed E-state index contributed by atoms with van der Waals surface area (Å²) in [5.74, 6) is -0.303. The molecule has 0 spiro atoms. The Balaban J connectivity index is 1.55. The number of para-hydroxylation sites is 1. The summed E-state index contributed by atoms with van der Waals surface area (Å²) in [5.41, 5.74) is 0.591. The Kier molecular flexibility index (Phi) is 8.06. The van der Waals surface area contributed by atoms with E-state index in [1.165, 1.54) is 13.2 Å². The number of amides is 2. The fourth-order valence-electron chi connectivity index (χ4n) is 3.70. The molecular formula is C23H28N4O6. The first kappa shape index (κ1) is 23.8. The number of carbonyl (C=O) groups excluding carboxylic acids is 2. The third-order valence-electron chi connectivity index (χ3n) is 5.40. The van der Waals surface area contributed by atoms with Crippen LogP contribution >= 0.6 is 0 Å². The van der Waals surface area contributed by atoms with Crippen LogP contribution in [0.5, 0.6) is 11.5 Å². The molecule has 1 saturated heterocycles. The number of anilines is 1. The molecule has 1 heterocycles. The number of piperazine rings is 1. The van der Waals surface area contributed by atoms with Gasteiger partial charge in [-0.15, -0.1) is 0 Å². The third kappa shape index (κ3) is 5.91. The van der Waals surface area contributed by atoms with Crippen molar-refractivity contribution in [2.75, 3.05) is 51.3 Å². The molecule has 1 fully saturated rings. The molecule has 2 aromatic rings. The number of carbonyl (C=O) groups is 2. The van der Waals surface area contributed by atoms with Crippen molar-refractivity contribution in [3.05, 3.63) is 58.1 Å². The zero-order valence-corrected chi connectivity index (χ0v) is 18.8. The molecule has 0 aromatic heterocycles. The zero-order valence-electron chi connectivity index (χ0n) is 18.8. The molecule has 10 heteroatoms. The minimum absolute atomic E-state index is 0.0674. The lowest BCUT2D eigenvalue weighted by Gasteiger charge is -2.36. The van der Waals surface area contributed by atoms with E-state index < -0.39 is 16.5 Å². The highest BCUT2D eigenvalue weighted by molar-refractivity contribution is 5.99. The molecule has 0 bridgehead atoms. The summed E-state index contributed by atoms with van der Waals surface area (Å²) >= 11 is 0. The van der Waals surface area contributed by atoms with Crippen molar-refractivity contribution in [2.24, 2.45) is 0 Å². The number of nitrogens with one attached hydrogen (secondary N) is 1. The fourth-order valence-corrected chi connectivity index (χ4v) is 3.70. The minimum Gasteiger partial charge on any atom is -0.493 e. The van der Waals surface area contributed by atoms with Crippen molar-refractivity contribution in [1.29, 1.82) is 0 Å². The Hall–Kier alpha value is -3.82. The average molecular weight is 456 g/mol. The Morgan fingerprint density at radius 3 is 2.39 bits per heavy atom. The molecule has 0 aliphatic carbocycles. The molecule has 0 saturated carbocycles. The second-order valence-corrected chi connectivity index (χ2v) is 7.42. The lowest BCUT2D eigenvalue weighted by Crippen LogP contribution is -2.49. The van der Waals surface area contributed by atoms with Gasteiger partial charge in [-0.1, -0.05) is 18.2 Å². The summed E-state index contributed by atoms with van der Waals surface area (Å²) in [6, 6.07) is 12.5. The second-order valence-electron chi connectivity index (χ2n) is 7.42. The molecule has 2 amide bonds. The number of ether oxygens (including phenoxy) is 2. The summed E-state index contributed by atoms with van der Waals surface area (Å²) < 4.78 is 10.5. The number of methoxy groups -OCH3 is 1. The molecule has 0 radical (unpaired) electrons. The third-order valence-corrected chi connectivity index (χ3v) is 5.40. The predicted molar refractivity (Wildman–Crippen MR) is 123 cm³/mol. The maximum Gasteiger partial charge on any atom is 0.286 e. The van der Waals surface area contributed by atoms with Gasteiger partial charge in [-0.05, 0) is 19.1 Å². The van der Waals surface area contributed by atoms with Crippen LogP contribution in [0.1, 0.15) is 23.7 Å². The van der Waals surface area contributed by atoms with Gasteiger partial charge in [0.25, 0.3) is 11.6 Å². The van der Waals surface area contributed by atoms with E-state index in [0.717, 1.165) is 24.8 Å². The topological polar surface area (TPSA) is 114 Å². The lowest BCUT2D eigenvalue weighted by atomic mass is 10.1. The van der Waals surface area contributed by atoms with Gasteiger partial charge < -0.3 is 24.6 Å². The normalized spacial score (nSPS) is 13.4. The van der Waals surface area contributed by atoms with Crippen molar-refractivity contribution in [3.8, 4) is 11.5 Å². The van der Waals surface area contributed by atoms with E-state index in [1.807, 2.05) is 30.3 Å². The molecule has 0 unspecified atom stereocenters. The van der Waals surface area contributed by atoms with Crippen molar-refractivity contribution in [1.82, 2.24) is 10.2 Å². The number of hydrogen-bond acceptors (Lipinski definition) is 7. The van der Waals surface area contributed by atoms with Gasteiger partial charge in [0.2, 0.25) is 5.91 Å². The van der Waals surface area contributed by atoms with Crippen LogP contribution in [-0.2, 0) is 4.79 Å². The molecule has 176 valence electrons. The number of rotatable bonds is 9. The highest BCUT2D eigenvalue weighted by Gasteiger charge is 2.25. The van der Waals surface area contributed by atoms with Crippen LogP contribution in [0, 0.1) is 10.1 Å². The number of nitrogens with zero attached hydrogens (tertiary/aromatic N) is 3. The van der Waals surface area contributed by atoms with Gasteiger partial charge in [-0.2, -0.15) is 0 Å². The Labute approximate surface area is 192 Å². The standard InChI is InChI=1S/C23H28N4O6/c1-3-33-21-15-18(19(27(30)31)16-20(21)32-2)23(29)24-10-9-22(28)26-13-11-25(12-14-26)17-7-5-4-6-8-17/h4-8,15-16H,3,9-14H2,1-2H3,(H,24,29). The van der Waals surface area contributed by atoms with E-state index in [2.05, 4.69) is 10.2 Å². The average Bonchev–Trinajstić information content (AvgIpc) is 2.84. The molecule has 3 rings (SSSR count). The zero-order chi connectivity index (χ0) is 23.8. The van der Waals surface area contributed by atoms with Gasteiger partial charge in [-0.25, -0.2) is 0 Å². The molecular weight excluding hydrogens is 428 g/mol. The lowest BCUT2D eigenvalue weighted by molar-refractivity contribution is -0.385. The van der Waals surface area contributed by atoms with Crippen LogP contribution in [-0.4, -0.2) is 68.1 Å². The monoisotopic (exact) mass is 456 g/mol. The van der Waals surface area contributed by atoms with Gasteiger partial charge in [0, 0.05) is 50.9 Å². The highest BCUT2D eigenvalue weighted by atomic mass is 16.6. The molecule has 10 nitrogen and oxygen atoms in total. The van der Waals surface area contributed by atoms with Crippen molar-refractivity contribution in [3.63, 3.8) is 0 Å². The molecule has 1 aliphatic rings. The maximum absolute atomic E-state index is 12.6. The summed E-state index contributed by atoms with van der Waals surface area (Å²) in [4.78, 5) is 40.0. The number of nitro groups is 1. The first-order valence-electron chi connectivity index (χ1n) is 10.8. The Morgan fingerprint density at radius 1 is 1.09 bits per heavy atom. The number of benzene rings is 2. The minimum atomic E-state index is -0.648. The quantitative estimate of drug-likeness (QED) is 0.455. The first-order chi connectivity index (χ1) is 15.9. The molecule has 33 heavy (non-hydrogen) atoms. The van der Waals surface area contributed by atoms with E-state index in [4.69, 9.17) is 9.47 Å². The van der Waals surface area contributed by atoms with Gasteiger partial charge in [0.1, 0.15) is 5.56 Å². The molecule has 1 N–H and O–H groups in total. The van der Waals surface area contributed by atoms with Gasteiger partial charge in [-0.3, -0.25) is 19.7 Å². The van der Waals surface area contributed by atoms with E-state index in [1.54, 1.807) is 11.8 Å². The van der Waals surface area contributed by atoms with Gasteiger partial charge in [0.15, 0.2) is 11.5 Å². The van der Waals surface area contributed by atoms with Crippen LogP contribution in [0.15, 0.2) is 42.5 Å². The summed E-state index contributed by atoms with van der Waals surface area (Å²) in [5, 5.41) is 14.1. The fraction of sp³-hybridized carbons (Fsp3) is 0.391. The van der Waals surface area contributed by atoms with E-state index in [-0.39, 0.29) is 35.9 Å². The van der Waals surface area contributed by atoms with Crippen LogP contribution in [0.25, 0.3) is 0 Å². The Morgan fingerprint density at radius 2 is 1.79 bits per heavy atom. The van der Waals surface area contributed by atoms with Crippen LogP contribution in [0.4, 0.5) is 11.4 Å². The largest absolute Gasteiger partial charge is 0.493 e. The van der Waals surface area contributed by atoms with Gasteiger partial charge >= 0.3 is 0 Å². The van der Waals surface area contributed by atoms with Crippen LogP contribution in [0.2, 0.25) is 0 Å². The van der Waals surface area contributed by atoms with Crippen molar-refractivity contribution < 1.29 is 24.0 Å². The second kappa shape index (κ2) is 11.2. The van der Waals surface area contributed by atoms with E-state index in [0.29, 0.717) is 19.7 Å². The molecule has 1 aliphatic heterocycles. The van der Waals surface area contributed by atoms with Crippen LogP contribution in [0.3, 0.4) is 0 Å². The van der Waals surface area contributed by atoms with Crippen molar-refractivity contribution >= 4 is 23.2 Å².